The molecule has 1 aliphatic rings. The molecule has 0 bridgehead atoms. The van der Waals surface area contributed by atoms with Gasteiger partial charge in [0.1, 0.15) is 5.54 Å². The van der Waals surface area contributed by atoms with E-state index in [0.29, 0.717) is 24.8 Å². The van der Waals surface area contributed by atoms with E-state index >= 15 is 0 Å². The Labute approximate surface area is 161 Å². The molecular weight excluding hydrogens is 366 g/mol. The summed E-state index contributed by atoms with van der Waals surface area (Å²) in [5, 5.41) is 12.5. The Hall–Kier alpha value is -3.14. The number of carbonyl (C=O) groups excluding carboxylic acids is 1. The number of methoxy groups -OCH3 is 1. The highest BCUT2D eigenvalue weighted by molar-refractivity contribution is 5.80. The molecule has 0 radical (unpaired) electrons. The Bertz CT molecular complexity index is 911. The zero-order valence-corrected chi connectivity index (χ0v) is 15.4. The van der Waals surface area contributed by atoms with E-state index in [9.17, 15) is 18.8 Å². The minimum Gasteiger partial charge on any atom is -0.493 e. The molecule has 0 saturated carbocycles. The van der Waals surface area contributed by atoms with Crippen molar-refractivity contribution < 1.29 is 23.0 Å². The molecule has 146 valence electrons. The fourth-order valence-electron chi connectivity index (χ4n) is 3.48. The summed E-state index contributed by atoms with van der Waals surface area (Å²) in [4.78, 5) is 12.6. The van der Waals surface area contributed by atoms with Gasteiger partial charge in [0.25, 0.3) is 0 Å². The van der Waals surface area contributed by atoms with Gasteiger partial charge in [-0.25, -0.2) is 0 Å². The molecule has 0 aliphatic heterocycles. The van der Waals surface area contributed by atoms with Gasteiger partial charge in [0, 0.05) is 6.42 Å². The van der Waals surface area contributed by atoms with E-state index < -0.39 is 12.2 Å². The molecule has 2 aromatic carbocycles. The minimum atomic E-state index is -3.00. The van der Waals surface area contributed by atoms with Crippen LogP contribution in [-0.2, 0) is 24.1 Å². The second kappa shape index (κ2) is 8.26. The van der Waals surface area contributed by atoms with Crippen molar-refractivity contribution in [2.75, 3.05) is 7.11 Å². The van der Waals surface area contributed by atoms with Gasteiger partial charge in [-0.05, 0) is 41.7 Å². The predicted molar refractivity (Wildman–Crippen MR) is 98.3 cm³/mol. The summed E-state index contributed by atoms with van der Waals surface area (Å²) < 4.78 is 34.6. The third-order valence-corrected chi connectivity index (χ3v) is 4.83. The lowest BCUT2D eigenvalue weighted by Crippen LogP contribution is -2.51. The number of benzene rings is 2. The first-order valence-corrected chi connectivity index (χ1v) is 8.85. The molecule has 0 aromatic heterocycles. The van der Waals surface area contributed by atoms with Crippen LogP contribution in [0.4, 0.5) is 8.78 Å². The van der Waals surface area contributed by atoms with Crippen molar-refractivity contribution in [1.82, 2.24) is 5.32 Å². The first-order chi connectivity index (χ1) is 13.4. The predicted octanol–water partition coefficient (Wildman–Crippen LogP) is 3.41. The Balaban J connectivity index is 1.72. The number of ether oxygens (including phenoxy) is 2. The van der Waals surface area contributed by atoms with Crippen LogP contribution in [0, 0.1) is 11.3 Å². The van der Waals surface area contributed by atoms with Gasteiger partial charge in [-0.3, -0.25) is 4.79 Å². The average Bonchev–Trinajstić information content (AvgIpc) is 2.67. The largest absolute Gasteiger partial charge is 0.493 e. The number of carbonyl (C=O) groups is 1. The molecule has 0 saturated heterocycles. The standard InChI is InChI=1S/C21H20F2N2O3/c1-27-17-7-6-14(10-18(17)28-20(22)23)11-19(26)25-21(13-24)9-8-15-4-2-3-5-16(15)12-21/h2-7,10,20H,8-9,11-12H2,1H3,(H,25,26). The maximum atomic E-state index is 12.6. The highest BCUT2D eigenvalue weighted by atomic mass is 19.3. The first kappa shape index (κ1) is 19.6. The van der Waals surface area contributed by atoms with E-state index in [0.717, 1.165) is 5.56 Å². The number of hydrogen-bond acceptors (Lipinski definition) is 4. The van der Waals surface area contributed by atoms with Crippen LogP contribution in [0.1, 0.15) is 23.1 Å². The molecule has 7 heteroatoms. The van der Waals surface area contributed by atoms with Crippen LogP contribution >= 0.6 is 0 Å². The monoisotopic (exact) mass is 386 g/mol. The first-order valence-electron chi connectivity index (χ1n) is 8.85. The number of rotatable bonds is 6. The Kier molecular flexibility index (Phi) is 5.78. The summed E-state index contributed by atoms with van der Waals surface area (Å²) in [5.41, 5.74) is 1.75. The molecule has 1 atom stereocenters. The normalized spacial score (nSPS) is 18.1. The van der Waals surface area contributed by atoms with E-state index in [2.05, 4.69) is 16.1 Å². The molecule has 1 unspecified atom stereocenters. The van der Waals surface area contributed by atoms with Crippen molar-refractivity contribution >= 4 is 5.91 Å². The minimum absolute atomic E-state index is 0.0608. The van der Waals surface area contributed by atoms with E-state index in [-0.39, 0.29) is 23.8 Å². The summed E-state index contributed by atoms with van der Waals surface area (Å²) in [6.07, 6.45) is 1.61. The Morgan fingerprint density at radius 3 is 2.68 bits per heavy atom. The molecule has 1 N–H and O–H groups in total. The maximum absolute atomic E-state index is 12.6. The molecule has 0 spiro atoms. The number of amides is 1. The van der Waals surface area contributed by atoms with Crippen molar-refractivity contribution in [2.24, 2.45) is 0 Å². The topological polar surface area (TPSA) is 71.3 Å². The van der Waals surface area contributed by atoms with Crippen LogP contribution < -0.4 is 14.8 Å². The second-order valence-electron chi connectivity index (χ2n) is 6.73. The van der Waals surface area contributed by atoms with Gasteiger partial charge in [-0.1, -0.05) is 30.3 Å². The number of alkyl halides is 2. The lowest BCUT2D eigenvalue weighted by molar-refractivity contribution is -0.121. The van der Waals surface area contributed by atoms with Crippen LogP contribution in [0.3, 0.4) is 0 Å². The Morgan fingerprint density at radius 2 is 2.00 bits per heavy atom. The Morgan fingerprint density at radius 1 is 1.25 bits per heavy atom. The number of nitriles is 1. The van der Waals surface area contributed by atoms with Gasteiger partial charge < -0.3 is 14.8 Å². The number of nitrogens with one attached hydrogen (secondary N) is 1. The SMILES string of the molecule is COc1ccc(CC(=O)NC2(C#N)CCc3ccccc3C2)cc1OC(F)F. The number of nitrogens with zero attached hydrogens (tertiary/aromatic N) is 1. The van der Waals surface area contributed by atoms with E-state index in [1.54, 1.807) is 6.07 Å². The lowest BCUT2D eigenvalue weighted by atomic mass is 9.78. The molecule has 0 heterocycles. The molecule has 0 fully saturated rings. The summed E-state index contributed by atoms with van der Waals surface area (Å²) in [6.45, 7) is -3.00. The van der Waals surface area contributed by atoms with Crippen LogP contribution in [0.5, 0.6) is 11.5 Å². The number of fused-ring (bicyclic) bond motifs is 1. The van der Waals surface area contributed by atoms with Gasteiger partial charge in [-0.2, -0.15) is 14.0 Å². The van der Waals surface area contributed by atoms with Gasteiger partial charge in [0.15, 0.2) is 11.5 Å². The van der Waals surface area contributed by atoms with Crippen LogP contribution in [0.25, 0.3) is 0 Å². The fraction of sp³-hybridized carbons (Fsp3) is 0.333. The third-order valence-electron chi connectivity index (χ3n) is 4.83. The summed E-state index contributed by atoms with van der Waals surface area (Å²) >= 11 is 0. The number of aryl methyl sites for hydroxylation is 1. The lowest BCUT2D eigenvalue weighted by Gasteiger charge is -2.33. The van der Waals surface area contributed by atoms with E-state index in [1.807, 2.05) is 24.3 Å². The van der Waals surface area contributed by atoms with Crippen molar-refractivity contribution in [2.45, 2.75) is 37.8 Å². The average molecular weight is 386 g/mol. The van der Waals surface area contributed by atoms with Crippen molar-refractivity contribution in [1.29, 1.82) is 5.26 Å². The molecule has 1 aliphatic carbocycles. The van der Waals surface area contributed by atoms with E-state index in [1.165, 1.54) is 24.8 Å². The van der Waals surface area contributed by atoms with Gasteiger partial charge in [0.2, 0.25) is 5.91 Å². The smallest absolute Gasteiger partial charge is 0.387 e. The summed E-state index contributed by atoms with van der Waals surface area (Å²) in [5.74, 6) is -0.333. The van der Waals surface area contributed by atoms with Crippen molar-refractivity contribution in [3.05, 3.63) is 59.2 Å². The van der Waals surface area contributed by atoms with Crippen molar-refractivity contribution in [3.63, 3.8) is 0 Å². The van der Waals surface area contributed by atoms with Crippen LogP contribution in [-0.4, -0.2) is 25.2 Å². The molecule has 28 heavy (non-hydrogen) atoms. The summed E-state index contributed by atoms with van der Waals surface area (Å²) in [6, 6.07) is 14.5. The zero-order valence-electron chi connectivity index (χ0n) is 15.4. The van der Waals surface area contributed by atoms with Crippen molar-refractivity contribution in [3.8, 4) is 17.6 Å². The second-order valence-corrected chi connectivity index (χ2v) is 6.73. The van der Waals surface area contributed by atoms with Gasteiger partial charge in [0.05, 0.1) is 19.6 Å². The van der Waals surface area contributed by atoms with Crippen LogP contribution in [0.15, 0.2) is 42.5 Å². The maximum Gasteiger partial charge on any atom is 0.387 e. The molecule has 1 amide bonds. The highest BCUT2D eigenvalue weighted by Gasteiger charge is 2.35. The highest BCUT2D eigenvalue weighted by Crippen LogP contribution is 2.31. The number of halogens is 2. The number of hydrogen-bond donors (Lipinski definition) is 1. The quantitative estimate of drug-likeness (QED) is 0.826. The molecule has 5 nitrogen and oxygen atoms in total. The third kappa shape index (κ3) is 4.39. The van der Waals surface area contributed by atoms with E-state index in [4.69, 9.17) is 4.74 Å². The summed E-state index contributed by atoms with van der Waals surface area (Å²) in [7, 11) is 1.34. The molecule has 2 aromatic rings. The molecular formula is C21H20F2N2O3. The van der Waals surface area contributed by atoms with Gasteiger partial charge >= 0.3 is 6.61 Å². The van der Waals surface area contributed by atoms with Gasteiger partial charge in [-0.15, -0.1) is 0 Å². The zero-order chi connectivity index (χ0) is 20.1. The van der Waals surface area contributed by atoms with Crippen LogP contribution in [0.2, 0.25) is 0 Å². The molecule has 3 rings (SSSR count). The fourth-order valence-corrected chi connectivity index (χ4v) is 3.48.